The Labute approximate surface area is 208 Å². The van der Waals surface area contributed by atoms with Gasteiger partial charge < -0.3 is 5.11 Å². The molecule has 1 aromatic carbocycles. The number of unbranched alkanes of at least 4 members (excludes halogenated alkanes) is 4. The molecule has 0 aliphatic carbocycles. The molecule has 0 aliphatic heterocycles. The van der Waals surface area contributed by atoms with Crippen molar-refractivity contribution in [2.24, 2.45) is 5.92 Å². The molecule has 1 N–H and O–H groups in total. The summed E-state index contributed by atoms with van der Waals surface area (Å²) < 4.78 is 26.6. The Bertz CT molecular complexity index is 897. The molecule has 0 saturated heterocycles. The Hall–Kier alpha value is -1.92. The molecule has 33 heavy (non-hydrogen) atoms. The number of hydrogen-bond donors (Lipinski definition) is 1. The summed E-state index contributed by atoms with van der Waals surface area (Å²) in [7, 11) is -3.41. The Morgan fingerprint density at radius 3 is 2.03 bits per heavy atom. The van der Waals surface area contributed by atoms with Gasteiger partial charge in [-0.3, -0.25) is 4.79 Å². The number of rotatable bonds is 17. The fourth-order valence-corrected chi connectivity index (χ4v) is 4.88. The van der Waals surface area contributed by atoms with Gasteiger partial charge in [-0.1, -0.05) is 84.3 Å². The van der Waals surface area contributed by atoms with Crippen LogP contribution in [0.25, 0.3) is 0 Å². The molecule has 1 unspecified atom stereocenters. The fourth-order valence-electron chi connectivity index (χ4n) is 3.14. The summed E-state index contributed by atoms with van der Waals surface area (Å²) in [4.78, 5) is 10.9. The van der Waals surface area contributed by atoms with E-state index in [1.165, 1.54) is 19.3 Å². The number of sulfone groups is 1. The van der Waals surface area contributed by atoms with Crippen molar-refractivity contribution in [3.63, 3.8) is 0 Å². The number of carboxylic acids is 1. The molecule has 6 heteroatoms. The van der Waals surface area contributed by atoms with Crippen LogP contribution < -0.4 is 0 Å². The number of hydrogen-bond acceptors (Lipinski definition) is 3. The van der Waals surface area contributed by atoms with E-state index in [0.29, 0.717) is 17.7 Å². The van der Waals surface area contributed by atoms with E-state index in [1.807, 2.05) is 36.5 Å². The predicted octanol–water partition coefficient (Wildman–Crippen LogP) is 7.68. The van der Waals surface area contributed by atoms with Gasteiger partial charge in [0, 0.05) is 16.8 Å². The van der Waals surface area contributed by atoms with Crippen molar-refractivity contribution in [2.75, 3.05) is 5.75 Å². The molecular formula is C27H37BrO4S. The lowest BCUT2D eigenvalue weighted by Gasteiger charge is -2.10. The highest BCUT2D eigenvalue weighted by Crippen LogP contribution is 2.19. The van der Waals surface area contributed by atoms with Gasteiger partial charge in [0.25, 0.3) is 0 Å². The molecule has 1 atom stereocenters. The number of halogens is 1. The number of aliphatic carboxylic acids is 1. The smallest absolute Gasteiger partial charge is 0.303 e. The van der Waals surface area contributed by atoms with E-state index in [-0.39, 0.29) is 18.1 Å². The van der Waals surface area contributed by atoms with Crippen LogP contribution in [0.15, 0.2) is 82.2 Å². The van der Waals surface area contributed by atoms with E-state index < -0.39 is 15.8 Å². The lowest BCUT2D eigenvalue weighted by atomic mass is 10.1. The first-order chi connectivity index (χ1) is 15.8. The van der Waals surface area contributed by atoms with E-state index in [9.17, 15) is 13.2 Å². The number of benzene rings is 1. The van der Waals surface area contributed by atoms with Gasteiger partial charge in [-0.2, -0.15) is 0 Å². The standard InChI is InChI=1S/C27H37BrO4S/c1-2-3-4-5-6-7-10-13-16-24(17-14-11-8-9-12-15-18-27(29)30)23-33(31,32)26-21-19-25(28)20-22-26/h6-9,13-14,16-17,19-22,24H,2-5,10-12,15,18,23H2,1H3,(H,29,30)/b7-6-,9-8-,16-13-,17-14-. The quantitative estimate of drug-likeness (QED) is 0.163. The minimum Gasteiger partial charge on any atom is -0.481 e. The molecular weight excluding hydrogens is 500 g/mol. The van der Waals surface area contributed by atoms with Gasteiger partial charge in [0.2, 0.25) is 0 Å². The maximum absolute atomic E-state index is 12.9. The molecule has 0 saturated carbocycles. The lowest BCUT2D eigenvalue weighted by molar-refractivity contribution is -0.137. The van der Waals surface area contributed by atoms with Gasteiger partial charge in [-0.15, -0.1) is 0 Å². The van der Waals surface area contributed by atoms with Crippen LogP contribution in [0.4, 0.5) is 0 Å². The van der Waals surface area contributed by atoms with E-state index in [1.54, 1.807) is 24.3 Å². The lowest BCUT2D eigenvalue weighted by Crippen LogP contribution is -2.13. The second-order valence-electron chi connectivity index (χ2n) is 7.95. The molecule has 1 aromatic rings. The second kappa shape index (κ2) is 17.5. The van der Waals surface area contributed by atoms with Crippen molar-refractivity contribution in [1.82, 2.24) is 0 Å². The van der Waals surface area contributed by atoms with Gasteiger partial charge >= 0.3 is 5.97 Å². The normalized spacial score (nSPS) is 13.6. The van der Waals surface area contributed by atoms with Crippen LogP contribution >= 0.6 is 15.9 Å². The molecule has 0 heterocycles. The Morgan fingerprint density at radius 1 is 0.909 bits per heavy atom. The summed E-state index contributed by atoms with van der Waals surface area (Å²) in [6.07, 6.45) is 24.0. The maximum Gasteiger partial charge on any atom is 0.303 e. The third-order valence-electron chi connectivity index (χ3n) is 4.96. The zero-order valence-corrected chi connectivity index (χ0v) is 21.9. The molecule has 4 nitrogen and oxygen atoms in total. The Balaban J connectivity index is 2.71. The largest absolute Gasteiger partial charge is 0.481 e. The van der Waals surface area contributed by atoms with Crippen molar-refractivity contribution >= 4 is 31.7 Å². The van der Waals surface area contributed by atoms with Crippen LogP contribution in [0, 0.1) is 5.92 Å². The van der Waals surface area contributed by atoms with Crippen LogP contribution in [-0.2, 0) is 14.6 Å². The molecule has 0 fully saturated rings. The minimum absolute atomic E-state index is 0.0180. The minimum atomic E-state index is -3.41. The van der Waals surface area contributed by atoms with Gasteiger partial charge in [0.05, 0.1) is 10.6 Å². The summed E-state index contributed by atoms with van der Waals surface area (Å²) in [6, 6.07) is 6.74. The van der Waals surface area contributed by atoms with E-state index in [4.69, 9.17) is 5.11 Å². The molecule has 0 spiro atoms. The summed E-state index contributed by atoms with van der Waals surface area (Å²) in [6.45, 7) is 2.19. The summed E-state index contributed by atoms with van der Waals surface area (Å²) in [5.74, 6) is -0.974. The highest BCUT2D eigenvalue weighted by molar-refractivity contribution is 9.10. The molecule has 0 amide bonds. The first-order valence-electron chi connectivity index (χ1n) is 11.7. The molecule has 0 bridgehead atoms. The van der Waals surface area contributed by atoms with Crippen molar-refractivity contribution in [1.29, 1.82) is 0 Å². The van der Waals surface area contributed by atoms with Crippen LogP contribution in [0.2, 0.25) is 0 Å². The van der Waals surface area contributed by atoms with Crippen molar-refractivity contribution < 1.29 is 18.3 Å². The second-order valence-corrected chi connectivity index (χ2v) is 10.9. The predicted molar refractivity (Wildman–Crippen MR) is 141 cm³/mol. The molecule has 0 radical (unpaired) electrons. The fraction of sp³-hybridized carbons (Fsp3) is 0.444. The van der Waals surface area contributed by atoms with Crippen LogP contribution in [0.3, 0.4) is 0 Å². The zero-order valence-electron chi connectivity index (χ0n) is 19.5. The third kappa shape index (κ3) is 14.8. The van der Waals surface area contributed by atoms with Crippen LogP contribution in [0.5, 0.6) is 0 Å². The highest BCUT2D eigenvalue weighted by atomic mass is 79.9. The topological polar surface area (TPSA) is 71.4 Å². The van der Waals surface area contributed by atoms with Gasteiger partial charge in [0.1, 0.15) is 0 Å². The van der Waals surface area contributed by atoms with Crippen molar-refractivity contribution in [3.8, 4) is 0 Å². The molecule has 0 aliphatic rings. The number of allylic oxidation sites excluding steroid dienone is 8. The summed E-state index contributed by atoms with van der Waals surface area (Å²) >= 11 is 3.34. The first kappa shape index (κ1) is 29.1. The van der Waals surface area contributed by atoms with E-state index in [0.717, 1.165) is 23.7 Å². The first-order valence-corrected chi connectivity index (χ1v) is 14.1. The van der Waals surface area contributed by atoms with E-state index >= 15 is 0 Å². The van der Waals surface area contributed by atoms with Crippen molar-refractivity contribution in [2.45, 2.75) is 69.6 Å². The monoisotopic (exact) mass is 536 g/mol. The maximum atomic E-state index is 12.9. The molecule has 182 valence electrons. The highest BCUT2D eigenvalue weighted by Gasteiger charge is 2.18. The third-order valence-corrected chi connectivity index (χ3v) is 7.31. The van der Waals surface area contributed by atoms with Crippen molar-refractivity contribution in [3.05, 3.63) is 77.3 Å². The Morgan fingerprint density at radius 2 is 1.48 bits per heavy atom. The average molecular weight is 538 g/mol. The molecule has 0 aromatic heterocycles. The summed E-state index contributed by atoms with van der Waals surface area (Å²) in [5.41, 5.74) is 0. The SMILES string of the molecule is CCCCC/C=C\C/C=C\C(/C=C\C/C=C\CCCC(=O)O)CS(=O)(=O)c1ccc(Br)cc1. The molecule has 1 rings (SSSR count). The zero-order chi connectivity index (χ0) is 24.4. The van der Waals surface area contributed by atoms with Gasteiger partial charge in [-0.05, 0) is 62.8 Å². The van der Waals surface area contributed by atoms with Crippen LogP contribution in [0.1, 0.15) is 64.7 Å². The number of carbonyl (C=O) groups is 1. The van der Waals surface area contributed by atoms with Gasteiger partial charge in [-0.25, -0.2) is 8.42 Å². The van der Waals surface area contributed by atoms with Crippen LogP contribution in [-0.4, -0.2) is 25.2 Å². The summed E-state index contributed by atoms with van der Waals surface area (Å²) in [5, 5.41) is 8.66. The Kier molecular flexibility index (Phi) is 15.5. The average Bonchev–Trinajstić information content (AvgIpc) is 2.77. The number of carboxylic acid groups (broad SMARTS) is 1. The van der Waals surface area contributed by atoms with E-state index in [2.05, 4.69) is 35.0 Å². The van der Waals surface area contributed by atoms with Gasteiger partial charge in [0.15, 0.2) is 9.84 Å².